The molecule has 3 rings (SSSR count). The number of nitrogens with two attached hydrogens (primary N) is 1. The third kappa shape index (κ3) is 3.66. The Balaban J connectivity index is 1.84. The molecule has 0 saturated heterocycles. The molecular formula is C18H14BrFN2O3. The predicted molar refractivity (Wildman–Crippen MR) is 97.2 cm³/mol. The number of hydrogen-bond acceptors (Lipinski definition) is 4. The molecule has 128 valence electrons. The average molecular weight is 405 g/mol. The van der Waals surface area contributed by atoms with Crippen molar-refractivity contribution in [3.63, 3.8) is 0 Å². The summed E-state index contributed by atoms with van der Waals surface area (Å²) in [6, 6.07) is 12.3. The molecule has 0 atom stereocenters. The maximum Gasteiger partial charge on any atom is 0.291 e. The van der Waals surface area contributed by atoms with Gasteiger partial charge in [0.15, 0.2) is 5.76 Å². The Bertz CT molecular complexity index is 923. The van der Waals surface area contributed by atoms with Crippen molar-refractivity contribution in [3.8, 4) is 17.1 Å². The molecule has 1 amide bonds. The van der Waals surface area contributed by atoms with Gasteiger partial charge >= 0.3 is 0 Å². The molecule has 1 heterocycles. The number of nitrogen functional groups attached to an aromatic ring is 1. The van der Waals surface area contributed by atoms with Crippen LogP contribution in [0.2, 0.25) is 0 Å². The van der Waals surface area contributed by atoms with Crippen LogP contribution in [0.4, 0.5) is 15.8 Å². The number of nitrogens with one attached hydrogen (secondary N) is 1. The molecule has 0 aliphatic carbocycles. The molecule has 25 heavy (non-hydrogen) atoms. The highest BCUT2D eigenvalue weighted by molar-refractivity contribution is 9.10. The van der Waals surface area contributed by atoms with Crippen LogP contribution in [-0.2, 0) is 0 Å². The van der Waals surface area contributed by atoms with Gasteiger partial charge in [-0.15, -0.1) is 0 Å². The average Bonchev–Trinajstić information content (AvgIpc) is 3.07. The van der Waals surface area contributed by atoms with Gasteiger partial charge in [0.25, 0.3) is 5.91 Å². The summed E-state index contributed by atoms with van der Waals surface area (Å²) in [6.07, 6.45) is 0. The molecule has 7 heteroatoms. The van der Waals surface area contributed by atoms with E-state index in [1.807, 2.05) is 0 Å². The summed E-state index contributed by atoms with van der Waals surface area (Å²) in [5.41, 5.74) is 7.37. The monoisotopic (exact) mass is 404 g/mol. The van der Waals surface area contributed by atoms with Crippen LogP contribution in [0.1, 0.15) is 10.6 Å². The van der Waals surface area contributed by atoms with E-state index in [2.05, 4.69) is 21.2 Å². The van der Waals surface area contributed by atoms with Crippen molar-refractivity contribution < 1.29 is 18.3 Å². The van der Waals surface area contributed by atoms with E-state index in [1.54, 1.807) is 36.4 Å². The van der Waals surface area contributed by atoms with Crippen molar-refractivity contribution >= 4 is 33.2 Å². The van der Waals surface area contributed by atoms with Crippen molar-refractivity contribution in [1.29, 1.82) is 0 Å². The number of benzene rings is 2. The Morgan fingerprint density at radius 3 is 2.60 bits per heavy atom. The fraction of sp³-hybridized carbons (Fsp3) is 0.0556. The van der Waals surface area contributed by atoms with E-state index in [4.69, 9.17) is 14.9 Å². The third-order valence-electron chi connectivity index (χ3n) is 3.49. The van der Waals surface area contributed by atoms with Gasteiger partial charge in [0.2, 0.25) is 0 Å². The van der Waals surface area contributed by atoms with E-state index in [-0.39, 0.29) is 11.6 Å². The van der Waals surface area contributed by atoms with Gasteiger partial charge in [-0.05, 0) is 58.4 Å². The number of ether oxygens (including phenoxy) is 1. The number of methoxy groups -OCH3 is 1. The molecule has 0 saturated carbocycles. The first kappa shape index (κ1) is 17.0. The highest BCUT2D eigenvalue weighted by atomic mass is 79.9. The van der Waals surface area contributed by atoms with Crippen LogP contribution in [0.3, 0.4) is 0 Å². The van der Waals surface area contributed by atoms with E-state index < -0.39 is 5.91 Å². The second-order valence-electron chi connectivity index (χ2n) is 5.20. The van der Waals surface area contributed by atoms with Gasteiger partial charge < -0.3 is 20.2 Å². The summed E-state index contributed by atoms with van der Waals surface area (Å²) >= 11 is 3.35. The third-order valence-corrected chi connectivity index (χ3v) is 4.12. The topological polar surface area (TPSA) is 77.5 Å². The minimum Gasteiger partial charge on any atom is -0.494 e. The molecular weight excluding hydrogens is 391 g/mol. The lowest BCUT2D eigenvalue weighted by Gasteiger charge is -2.12. The molecule has 0 unspecified atom stereocenters. The first-order valence-electron chi connectivity index (χ1n) is 7.28. The number of hydrogen-bond donors (Lipinski definition) is 2. The highest BCUT2D eigenvalue weighted by Gasteiger charge is 2.17. The summed E-state index contributed by atoms with van der Waals surface area (Å²) in [5, 5.41) is 2.73. The van der Waals surface area contributed by atoms with Crippen LogP contribution in [-0.4, -0.2) is 13.0 Å². The van der Waals surface area contributed by atoms with Crippen LogP contribution < -0.4 is 15.8 Å². The van der Waals surface area contributed by atoms with Gasteiger partial charge in [0.05, 0.1) is 12.8 Å². The van der Waals surface area contributed by atoms with Crippen LogP contribution in [0.15, 0.2) is 57.4 Å². The largest absolute Gasteiger partial charge is 0.494 e. The zero-order chi connectivity index (χ0) is 18.0. The van der Waals surface area contributed by atoms with Crippen molar-refractivity contribution in [1.82, 2.24) is 0 Å². The first-order chi connectivity index (χ1) is 12.0. The van der Waals surface area contributed by atoms with Crippen molar-refractivity contribution in [3.05, 3.63) is 64.6 Å². The fourth-order valence-corrected chi connectivity index (χ4v) is 2.85. The molecule has 1 aromatic heterocycles. The number of rotatable bonds is 4. The molecule has 0 aliphatic heterocycles. The molecule has 2 aromatic carbocycles. The number of furan rings is 1. The number of anilines is 2. The molecule has 0 radical (unpaired) electrons. The lowest BCUT2D eigenvalue weighted by molar-refractivity contribution is 0.0997. The summed E-state index contributed by atoms with van der Waals surface area (Å²) in [7, 11) is 1.48. The van der Waals surface area contributed by atoms with Crippen molar-refractivity contribution in [2.75, 3.05) is 18.2 Å². The van der Waals surface area contributed by atoms with Crippen molar-refractivity contribution in [2.45, 2.75) is 0 Å². The predicted octanol–water partition coefficient (Wildman–Crippen LogP) is 4.69. The molecule has 3 aromatic rings. The van der Waals surface area contributed by atoms with E-state index in [0.29, 0.717) is 32.9 Å². The fourth-order valence-electron chi connectivity index (χ4n) is 2.29. The Kier molecular flexibility index (Phi) is 4.76. The molecule has 0 fully saturated rings. The maximum absolute atomic E-state index is 13.0. The summed E-state index contributed by atoms with van der Waals surface area (Å²) < 4.78 is 24.4. The Hall–Kier alpha value is -2.80. The van der Waals surface area contributed by atoms with Gasteiger partial charge in [-0.1, -0.05) is 0 Å². The Morgan fingerprint density at radius 1 is 1.20 bits per heavy atom. The van der Waals surface area contributed by atoms with E-state index >= 15 is 0 Å². The summed E-state index contributed by atoms with van der Waals surface area (Å²) in [6.45, 7) is 0. The second kappa shape index (κ2) is 6.98. The van der Waals surface area contributed by atoms with E-state index in [0.717, 1.165) is 0 Å². The normalized spacial score (nSPS) is 10.5. The van der Waals surface area contributed by atoms with Gasteiger partial charge in [0, 0.05) is 21.8 Å². The molecule has 3 N–H and O–H groups in total. The minimum atomic E-state index is -0.447. The smallest absolute Gasteiger partial charge is 0.291 e. The molecule has 5 nitrogen and oxygen atoms in total. The quantitative estimate of drug-likeness (QED) is 0.618. The zero-order valence-corrected chi connectivity index (χ0v) is 14.8. The Labute approximate surface area is 151 Å². The molecule has 0 aliphatic rings. The van der Waals surface area contributed by atoms with E-state index in [9.17, 15) is 9.18 Å². The summed E-state index contributed by atoms with van der Waals surface area (Å²) in [5.74, 6) is 0.217. The van der Waals surface area contributed by atoms with Gasteiger partial charge in [-0.25, -0.2) is 4.39 Å². The number of carbonyl (C=O) groups is 1. The second-order valence-corrected chi connectivity index (χ2v) is 6.06. The van der Waals surface area contributed by atoms with E-state index in [1.165, 1.54) is 19.2 Å². The lowest BCUT2D eigenvalue weighted by atomic mass is 10.2. The number of halogens is 2. The highest BCUT2D eigenvalue weighted by Crippen LogP contribution is 2.35. The number of amides is 1. The van der Waals surface area contributed by atoms with Gasteiger partial charge in [0.1, 0.15) is 17.3 Å². The van der Waals surface area contributed by atoms with Crippen LogP contribution in [0, 0.1) is 5.82 Å². The lowest BCUT2D eigenvalue weighted by Crippen LogP contribution is -2.12. The maximum atomic E-state index is 13.0. The number of carbonyl (C=O) groups excluding carboxylic acids is 1. The molecule has 0 spiro atoms. The Morgan fingerprint density at radius 2 is 1.92 bits per heavy atom. The minimum absolute atomic E-state index is 0.116. The molecule has 0 bridgehead atoms. The van der Waals surface area contributed by atoms with Crippen LogP contribution >= 0.6 is 15.9 Å². The van der Waals surface area contributed by atoms with Crippen LogP contribution in [0.25, 0.3) is 11.3 Å². The SMILES string of the molecule is COc1cc(N)cc(Br)c1NC(=O)c1ccc(-c2ccc(F)cc2)o1. The first-order valence-corrected chi connectivity index (χ1v) is 8.07. The zero-order valence-electron chi connectivity index (χ0n) is 13.2. The standard InChI is InChI=1S/C18H14BrFN2O3/c1-24-16-9-12(21)8-13(19)17(16)22-18(23)15-7-6-14(25-15)10-2-4-11(20)5-3-10/h2-9H,21H2,1H3,(H,22,23). The van der Waals surface area contributed by atoms with Crippen molar-refractivity contribution in [2.24, 2.45) is 0 Å². The van der Waals surface area contributed by atoms with Gasteiger partial charge in [-0.3, -0.25) is 4.79 Å². The van der Waals surface area contributed by atoms with Crippen LogP contribution in [0.5, 0.6) is 5.75 Å². The summed E-state index contributed by atoms with van der Waals surface area (Å²) in [4.78, 5) is 12.4. The van der Waals surface area contributed by atoms with Gasteiger partial charge in [-0.2, -0.15) is 0 Å².